The number of anilines is 1. The van der Waals surface area contributed by atoms with Gasteiger partial charge in [0, 0.05) is 5.02 Å². The summed E-state index contributed by atoms with van der Waals surface area (Å²) in [5.41, 5.74) is 1.67. The topological polar surface area (TPSA) is 83.6 Å². The summed E-state index contributed by atoms with van der Waals surface area (Å²) in [6.45, 7) is 1.83. The summed E-state index contributed by atoms with van der Waals surface area (Å²) < 4.78 is 0. The number of amides is 1. The van der Waals surface area contributed by atoms with Gasteiger partial charge in [-0.25, -0.2) is 4.98 Å². The lowest BCUT2D eigenvalue weighted by molar-refractivity contribution is -0.113. The number of aromatic amines is 1. The Hall–Kier alpha value is -1.64. The maximum absolute atomic E-state index is 11.8. The molecule has 0 saturated heterocycles. The monoisotopic (exact) mass is 339 g/mol. The van der Waals surface area contributed by atoms with Gasteiger partial charge in [-0.15, -0.1) is 10.2 Å². The van der Waals surface area contributed by atoms with Gasteiger partial charge in [-0.3, -0.25) is 10.1 Å². The summed E-state index contributed by atoms with van der Waals surface area (Å²) in [4.78, 5) is 19.3. The van der Waals surface area contributed by atoms with Crippen molar-refractivity contribution in [2.45, 2.75) is 12.1 Å². The molecule has 2 N–H and O–H groups in total. The molecule has 3 rings (SSSR count). The Labute approximate surface area is 133 Å². The molecule has 0 aliphatic rings. The zero-order chi connectivity index (χ0) is 14.8. The maximum Gasteiger partial charge on any atom is 0.236 e. The third-order valence-electron chi connectivity index (χ3n) is 2.53. The van der Waals surface area contributed by atoms with Gasteiger partial charge in [-0.2, -0.15) is 0 Å². The lowest BCUT2D eigenvalue weighted by Crippen LogP contribution is -2.13. The minimum absolute atomic E-state index is 0.144. The Morgan fingerprint density at radius 3 is 3.10 bits per heavy atom. The zero-order valence-corrected chi connectivity index (χ0v) is 13.3. The Balaban J connectivity index is 1.61. The van der Waals surface area contributed by atoms with Crippen molar-refractivity contribution in [2.75, 3.05) is 11.1 Å². The van der Waals surface area contributed by atoms with Gasteiger partial charge in [-0.05, 0) is 25.1 Å². The second-order valence-corrected chi connectivity index (χ2v) is 6.75. The first-order chi connectivity index (χ1) is 10.1. The van der Waals surface area contributed by atoms with E-state index in [2.05, 4.69) is 25.5 Å². The highest BCUT2D eigenvalue weighted by atomic mass is 35.5. The van der Waals surface area contributed by atoms with Crippen LogP contribution in [0, 0.1) is 6.92 Å². The first-order valence-electron chi connectivity index (χ1n) is 5.98. The number of halogens is 1. The molecule has 0 radical (unpaired) electrons. The fourth-order valence-electron chi connectivity index (χ4n) is 1.66. The number of nitrogens with zero attached hydrogens (tertiary/aromatic N) is 3. The molecule has 9 heteroatoms. The Kier molecular flexibility index (Phi) is 4.09. The summed E-state index contributed by atoms with van der Waals surface area (Å²) in [5.74, 6) is 0.0984. The normalized spacial score (nSPS) is 11.0. The predicted octanol–water partition coefficient (Wildman–Crippen LogP) is 3.11. The number of hydrogen-bond donors (Lipinski definition) is 2. The van der Waals surface area contributed by atoms with Crippen molar-refractivity contribution >= 4 is 56.8 Å². The summed E-state index contributed by atoms with van der Waals surface area (Å²) in [6, 6.07) is 5.42. The molecule has 6 nitrogen and oxygen atoms in total. The summed E-state index contributed by atoms with van der Waals surface area (Å²) in [7, 11) is 0. The molecule has 0 atom stereocenters. The van der Waals surface area contributed by atoms with Gasteiger partial charge < -0.3 is 4.98 Å². The number of thioether (sulfide) groups is 1. The molecule has 108 valence electrons. The molecule has 0 aliphatic carbocycles. The second kappa shape index (κ2) is 6.00. The average molecular weight is 340 g/mol. The average Bonchev–Trinajstić information content (AvgIpc) is 3.02. The third-order valence-corrected chi connectivity index (χ3v) is 4.40. The molecule has 21 heavy (non-hydrogen) atoms. The van der Waals surface area contributed by atoms with Crippen LogP contribution in [0.1, 0.15) is 5.01 Å². The molecule has 0 unspecified atom stereocenters. The van der Waals surface area contributed by atoms with E-state index in [0.717, 1.165) is 16.0 Å². The van der Waals surface area contributed by atoms with E-state index in [4.69, 9.17) is 11.6 Å². The van der Waals surface area contributed by atoms with Gasteiger partial charge in [0.25, 0.3) is 0 Å². The molecule has 1 amide bonds. The van der Waals surface area contributed by atoms with Crippen molar-refractivity contribution in [1.82, 2.24) is 20.2 Å². The number of fused-ring (bicyclic) bond motifs is 1. The van der Waals surface area contributed by atoms with E-state index >= 15 is 0 Å². The molecule has 2 heterocycles. The van der Waals surface area contributed by atoms with Crippen LogP contribution in [-0.2, 0) is 4.79 Å². The molecule has 0 fully saturated rings. The van der Waals surface area contributed by atoms with E-state index < -0.39 is 0 Å². The van der Waals surface area contributed by atoms with Crippen LogP contribution in [-0.4, -0.2) is 31.8 Å². The van der Waals surface area contributed by atoms with E-state index in [1.165, 1.54) is 23.1 Å². The number of aromatic nitrogens is 4. The van der Waals surface area contributed by atoms with Crippen molar-refractivity contribution in [1.29, 1.82) is 0 Å². The Bertz CT molecular complexity index is 800. The standard InChI is InChI=1S/C12H10ClN5OS2/c1-6-17-18-12(21-6)16-10(19)5-20-11-14-8-3-2-7(13)4-9(8)15-11/h2-4H,5H2,1H3,(H,14,15)(H,16,18,19). The van der Waals surface area contributed by atoms with Gasteiger partial charge in [0.1, 0.15) is 5.01 Å². The number of H-pyrrole nitrogens is 1. The van der Waals surface area contributed by atoms with Crippen LogP contribution in [0.2, 0.25) is 5.02 Å². The first-order valence-corrected chi connectivity index (χ1v) is 8.16. The van der Waals surface area contributed by atoms with Crippen molar-refractivity contribution in [3.05, 3.63) is 28.2 Å². The highest BCUT2D eigenvalue weighted by Gasteiger charge is 2.09. The number of rotatable bonds is 4. The maximum atomic E-state index is 11.8. The molecular weight excluding hydrogens is 330 g/mol. The molecule has 0 aliphatic heterocycles. The largest absolute Gasteiger partial charge is 0.333 e. The van der Waals surface area contributed by atoms with Crippen LogP contribution in [0.15, 0.2) is 23.4 Å². The number of imidazole rings is 1. The SMILES string of the molecule is Cc1nnc(NC(=O)CSc2nc3ccc(Cl)cc3[nH]2)s1. The molecule has 3 aromatic rings. The van der Waals surface area contributed by atoms with Gasteiger partial charge in [0.15, 0.2) is 5.16 Å². The van der Waals surface area contributed by atoms with Crippen molar-refractivity contribution in [3.63, 3.8) is 0 Å². The summed E-state index contributed by atoms with van der Waals surface area (Å²) in [5, 5.41) is 13.0. The van der Waals surface area contributed by atoms with Crippen LogP contribution in [0.4, 0.5) is 5.13 Å². The van der Waals surface area contributed by atoms with Gasteiger partial charge in [0.05, 0.1) is 16.8 Å². The smallest absolute Gasteiger partial charge is 0.236 e. The van der Waals surface area contributed by atoms with Crippen LogP contribution >= 0.6 is 34.7 Å². The van der Waals surface area contributed by atoms with E-state index in [1.54, 1.807) is 12.1 Å². The van der Waals surface area contributed by atoms with Gasteiger partial charge in [-0.1, -0.05) is 34.7 Å². The number of carbonyl (C=O) groups is 1. The van der Waals surface area contributed by atoms with Crippen LogP contribution in [0.5, 0.6) is 0 Å². The van der Waals surface area contributed by atoms with E-state index in [0.29, 0.717) is 15.3 Å². The van der Waals surface area contributed by atoms with Gasteiger partial charge in [0.2, 0.25) is 11.0 Å². The molecule has 0 saturated carbocycles. The number of carbonyl (C=O) groups excluding carboxylic acids is 1. The molecule has 0 bridgehead atoms. The fourth-order valence-corrected chi connectivity index (χ4v) is 3.13. The van der Waals surface area contributed by atoms with Crippen LogP contribution in [0.25, 0.3) is 11.0 Å². The summed E-state index contributed by atoms with van der Waals surface area (Å²) >= 11 is 8.58. The second-order valence-electron chi connectivity index (χ2n) is 4.17. The highest BCUT2D eigenvalue weighted by molar-refractivity contribution is 7.99. The lowest BCUT2D eigenvalue weighted by atomic mass is 10.3. The number of hydrogen-bond acceptors (Lipinski definition) is 6. The van der Waals surface area contributed by atoms with E-state index in [-0.39, 0.29) is 11.7 Å². The first kappa shape index (κ1) is 14.3. The Morgan fingerprint density at radius 1 is 1.48 bits per heavy atom. The third kappa shape index (κ3) is 3.52. The fraction of sp³-hybridized carbons (Fsp3) is 0.167. The van der Waals surface area contributed by atoms with Crippen molar-refractivity contribution in [2.24, 2.45) is 0 Å². The minimum Gasteiger partial charge on any atom is -0.333 e. The number of aryl methyl sites for hydroxylation is 1. The predicted molar refractivity (Wildman–Crippen MR) is 85.1 cm³/mol. The molecule has 1 aromatic carbocycles. The quantitative estimate of drug-likeness (QED) is 0.713. The van der Waals surface area contributed by atoms with Crippen molar-refractivity contribution in [3.8, 4) is 0 Å². The molecule has 0 spiro atoms. The van der Waals surface area contributed by atoms with Crippen molar-refractivity contribution < 1.29 is 4.79 Å². The summed E-state index contributed by atoms with van der Waals surface area (Å²) in [6.07, 6.45) is 0. The van der Waals surface area contributed by atoms with Crippen LogP contribution in [0.3, 0.4) is 0 Å². The number of benzene rings is 1. The lowest BCUT2D eigenvalue weighted by Gasteiger charge is -1.98. The van der Waals surface area contributed by atoms with E-state index in [9.17, 15) is 4.79 Å². The van der Waals surface area contributed by atoms with Gasteiger partial charge >= 0.3 is 0 Å². The molecule has 2 aromatic heterocycles. The van der Waals surface area contributed by atoms with E-state index in [1.807, 2.05) is 13.0 Å². The molecular formula is C12H10ClN5OS2. The Morgan fingerprint density at radius 2 is 2.33 bits per heavy atom. The highest BCUT2D eigenvalue weighted by Crippen LogP contribution is 2.22. The van der Waals surface area contributed by atoms with Crippen LogP contribution < -0.4 is 5.32 Å². The number of nitrogens with one attached hydrogen (secondary N) is 2. The zero-order valence-electron chi connectivity index (χ0n) is 10.9. The minimum atomic E-state index is -0.144.